The molecule has 22 heavy (non-hydrogen) atoms. The molecule has 0 saturated carbocycles. The van der Waals surface area contributed by atoms with Crippen LogP contribution in [0, 0.1) is 0 Å². The highest BCUT2D eigenvalue weighted by molar-refractivity contribution is 7.88. The number of sulfonamides is 1. The zero-order valence-electron chi connectivity index (χ0n) is 14.3. The average Bonchev–Trinajstić information content (AvgIpc) is 2.38. The van der Waals surface area contributed by atoms with E-state index in [1.54, 1.807) is 0 Å². The molecule has 0 aromatic rings. The summed E-state index contributed by atoms with van der Waals surface area (Å²) < 4.78 is 24.8. The minimum Gasteiger partial charge on any atom is -0.350 e. The molecule has 1 saturated heterocycles. The average molecular weight is 333 g/mol. The lowest BCUT2D eigenvalue weighted by Gasteiger charge is -2.36. The standard InChI is InChI=1S/C15H31N3O3S/c1-5-15(2,3)17-14(19)12-18-11-7-6-8-13(18)9-10-16-22(4,20)21/h13,16H,5-12H2,1-4H3,(H,17,19). The lowest BCUT2D eigenvalue weighted by atomic mass is 9.99. The highest BCUT2D eigenvalue weighted by Crippen LogP contribution is 2.19. The first kappa shape index (κ1) is 19.4. The van der Waals surface area contributed by atoms with Crippen molar-refractivity contribution in [3.8, 4) is 0 Å². The molecule has 6 nitrogen and oxygen atoms in total. The molecule has 0 aliphatic carbocycles. The van der Waals surface area contributed by atoms with Crippen LogP contribution in [0.15, 0.2) is 0 Å². The largest absolute Gasteiger partial charge is 0.350 e. The molecular formula is C15H31N3O3S. The van der Waals surface area contributed by atoms with E-state index in [0.717, 1.165) is 38.6 Å². The minimum atomic E-state index is -3.14. The van der Waals surface area contributed by atoms with Crippen LogP contribution < -0.4 is 10.0 Å². The van der Waals surface area contributed by atoms with Crippen molar-refractivity contribution in [2.24, 2.45) is 0 Å². The molecule has 0 radical (unpaired) electrons. The van der Waals surface area contributed by atoms with Gasteiger partial charge in [-0.2, -0.15) is 0 Å². The van der Waals surface area contributed by atoms with Crippen molar-refractivity contribution in [2.75, 3.05) is 25.9 Å². The number of rotatable bonds is 8. The van der Waals surface area contributed by atoms with Crippen LogP contribution >= 0.6 is 0 Å². The Labute approximate surface area is 135 Å². The van der Waals surface area contributed by atoms with Crippen molar-refractivity contribution in [3.63, 3.8) is 0 Å². The topological polar surface area (TPSA) is 78.5 Å². The number of amides is 1. The second-order valence-electron chi connectivity index (χ2n) is 6.86. The number of hydrogen-bond donors (Lipinski definition) is 2. The van der Waals surface area contributed by atoms with E-state index in [0.29, 0.717) is 13.1 Å². The summed E-state index contributed by atoms with van der Waals surface area (Å²) in [6, 6.07) is 0.276. The van der Waals surface area contributed by atoms with Gasteiger partial charge in [-0.05, 0) is 46.1 Å². The molecule has 7 heteroatoms. The van der Waals surface area contributed by atoms with Crippen LogP contribution in [0.3, 0.4) is 0 Å². The van der Waals surface area contributed by atoms with Crippen molar-refractivity contribution in [2.45, 2.75) is 64.5 Å². The Morgan fingerprint density at radius 1 is 1.32 bits per heavy atom. The monoisotopic (exact) mass is 333 g/mol. The van der Waals surface area contributed by atoms with Gasteiger partial charge in [0.1, 0.15) is 0 Å². The molecule has 1 aliphatic rings. The van der Waals surface area contributed by atoms with Gasteiger partial charge in [-0.25, -0.2) is 13.1 Å². The lowest BCUT2D eigenvalue weighted by molar-refractivity contribution is -0.124. The van der Waals surface area contributed by atoms with Gasteiger partial charge in [0.15, 0.2) is 0 Å². The van der Waals surface area contributed by atoms with Gasteiger partial charge < -0.3 is 5.32 Å². The number of carbonyl (C=O) groups excluding carboxylic acids is 1. The smallest absolute Gasteiger partial charge is 0.234 e. The first-order valence-electron chi connectivity index (χ1n) is 8.12. The molecule has 1 atom stereocenters. The van der Waals surface area contributed by atoms with Gasteiger partial charge in [-0.15, -0.1) is 0 Å². The molecule has 0 bridgehead atoms. The van der Waals surface area contributed by atoms with Crippen LogP contribution in [0.1, 0.15) is 52.9 Å². The first-order valence-corrected chi connectivity index (χ1v) is 10.0. The summed E-state index contributed by atoms with van der Waals surface area (Å²) in [6.07, 6.45) is 6.07. The van der Waals surface area contributed by atoms with Crippen molar-refractivity contribution in [1.82, 2.24) is 14.9 Å². The third-order valence-electron chi connectivity index (χ3n) is 4.30. The Morgan fingerprint density at radius 2 is 2.00 bits per heavy atom. The predicted molar refractivity (Wildman–Crippen MR) is 89.2 cm³/mol. The second kappa shape index (κ2) is 8.26. The second-order valence-corrected chi connectivity index (χ2v) is 8.69. The maximum atomic E-state index is 12.2. The van der Waals surface area contributed by atoms with Gasteiger partial charge >= 0.3 is 0 Å². The first-order chi connectivity index (χ1) is 10.1. The fraction of sp³-hybridized carbons (Fsp3) is 0.933. The molecule has 1 heterocycles. The van der Waals surface area contributed by atoms with Gasteiger partial charge in [0.2, 0.25) is 15.9 Å². The molecule has 1 fully saturated rings. The summed E-state index contributed by atoms with van der Waals surface area (Å²) in [5.74, 6) is 0.0508. The van der Waals surface area contributed by atoms with E-state index in [1.807, 2.05) is 13.8 Å². The van der Waals surface area contributed by atoms with E-state index < -0.39 is 10.0 Å². The Kier molecular flexibility index (Phi) is 7.28. The zero-order valence-corrected chi connectivity index (χ0v) is 15.1. The molecule has 1 unspecified atom stereocenters. The summed E-state index contributed by atoms with van der Waals surface area (Å²) in [4.78, 5) is 14.4. The maximum absolute atomic E-state index is 12.2. The summed E-state index contributed by atoms with van der Waals surface area (Å²) in [7, 11) is -3.14. The van der Waals surface area contributed by atoms with Crippen molar-refractivity contribution < 1.29 is 13.2 Å². The molecule has 0 aromatic carbocycles. The fourth-order valence-corrected chi connectivity index (χ4v) is 3.18. The van der Waals surface area contributed by atoms with Crippen LogP contribution in [0.2, 0.25) is 0 Å². The number of hydrogen-bond acceptors (Lipinski definition) is 4. The van der Waals surface area contributed by atoms with Crippen LogP contribution in [0.4, 0.5) is 0 Å². The SMILES string of the molecule is CCC(C)(C)NC(=O)CN1CCCCC1CCNS(C)(=O)=O. The van der Waals surface area contributed by atoms with Crippen LogP contribution in [0.25, 0.3) is 0 Å². The molecule has 0 spiro atoms. The van der Waals surface area contributed by atoms with Gasteiger partial charge in [0, 0.05) is 18.1 Å². The lowest BCUT2D eigenvalue weighted by Crippen LogP contribution is -2.51. The van der Waals surface area contributed by atoms with Crippen molar-refractivity contribution >= 4 is 15.9 Å². The Bertz CT molecular complexity index is 463. The Balaban J connectivity index is 2.49. The van der Waals surface area contributed by atoms with Crippen LogP contribution in [-0.4, -0.2) is 56.7 Å². The molecular weight excluding hydrogens is 302 g/mol. The molecule has 2 N–H and O–H groups in total. The highest BCUT2D eigenvalue weighted by atomic mass is 32.2. The number of nitrogens with one attached hydrogen (secondary N) is 2. The van der Waals surface area contributed by atoms with E-state index >= 15 is 0 Å². The fourth-order valence-electron chi connectivity index (χ4n) is 2.70. The summed E-state index contributed by atoms with van der Waals surface area (Å²) in [6.45, 7) is 7.84. The van der Waals surface area contributed by atoms with E-state index in [2.05, 4.69) is 21.9 Å². The number of carbonyl (C=O) groups is 1. The quantitative estimate of drug-likeness (QED) is 0.697. The normalized spacial score (nSPS) is 20.8. The Hall–Kier alpha value is -0.660. The van der Waals surface area contributed by atoms with Gasteiger partial charge in [-0.1, -0.05) is 13.3 Å². The summed E-state index contributed by atoms with van der Waals surface area (Å²) in [5, 5.41) is 3.06. The van der Waals surface area contributed by atoms with Crippen molar-refractivity contribution in [1.29, 1.82) is 0 Å². The van der Waals surface area contributed by atoms with E-state index in [1.165, 1.54) is 6.26 Å². The van der Waals surface area contributed by atoms with Crippen LogP contribution in [0.5, 0.6) is 0 Å². The van der Waals surface area contributed by atoms with Gasteiger partial charge in [0.05, 0.1) is 12.8 Å². The van der Waals surface area contributed by atoms with E-state index in [4.69, 9.17) is 0 Å². The molecule has 0 aromatic heterocycles. The molecule has 130 valence electrons. The third-order valence-corrected chi connectivity index (χ3v) is 5.03. The molecule has 1 aliphatic heterocycles. The number of likely N-dealkylation sites (tertiary alicyclic amines) is 1. The number of nitrogens with zero attached hydrogens (tertiary/aromatic N) is 1. The predicted octanol–water partition coefficient (Wildman–Crippen LogP) is 1.09. The molecule has 1 rings (SSSR count). The highest BCUT2D eigenvalue weighted by Gasteiger charge is 2.26. The van der Waals surface area contributed by atoms with E-state index in [9.17, 15) is 13.2 Å². The number of piperidine rings is 1. The maximum Gasteiger partial charge on any atom is 0.234 e. The zero-order chi connectivity index (χ0) is 16.8. The summed E-state index contributed by atoms with van der Waals surface area (Å²) in [5.41, 5.74) is -0.180. The van der Waals surface area contributed by atoms with Gasteiger partial charge in [0.25, 0.3) is 0 Å². The third kappa shape index (κ3) is 7.56. The van der Waals surface area contributed by atoms with Gasteiger partial charge in [-0.3, -0.25) is 9.69 Å². The van der Waals surface area contributed by atoms with Crippen LogP contribution in [-0.2, 0) is 14.8 Å². The Morgan fingerprint density at radius 3 is 2.59 bits per heavy atom. The van der Waals surface area contributed by atoms with Crippen molar-refractivity contribution in [3.05, 3.63) is 0 Å². The summed E-state index contributed by atoms with van der Waals surface area (Å²) >= 11 is 0. The van der Waals surface area contributed by atoms with E-state index in [-0.39, 0.29) is 17.5 Å². The minimum absolute atomic E-state index is 0.0508. The molecule has 1 amide bonds.